The van der Waals surface area contributed by atoms with Crippen LogP contribution in [0, 0.1) is 6.92 Å². The summed E-state index contributed by atoms with van der Waals surface area (Å²) in [5.41, 5.74) is 3.09. The Morgan fingerprint density at radius 2 is 0.870 bits per heavy atom. The summed E-state index contributed by atoms with van der Waals surface area (Å²) in [6, 6.07) is 23.8. The molecular weight excluding hydrogens is 673 g/mol. The molecule has 6 aromatic heterocycles. The molecule has 6 heteroatoms. The smallest absolute Gasteiger partial charge is 0.0481 e. The van der Waals surface area contributed by atoms with Crippen LogP contribution in [0.4, 0.5) is 0 Å². The van der Waals surface area contributed by atoms with Crippen LogP contribution in [0.5, 0.6) is 0 Å². The van der Waals surface area contributed by atoms with Crippen molar-refractivity contribution < 1.29 is 0 Å². The fourth-order valence-electron chi connectivity index (χ4n) is 6.07. The fraction of sp³-hybridized carbons (Fsp3) is 0.400. The Hall–Kier alpha value is -1.80. The first-order chi connectivity index (χ1) is 22.6. The molecule has 0 nitrogen and oxygen atoms in total. The van der Waals surface area contributed by atoms with Crippen LogP contribution in [0.15, 0.2) is 60.7 Å². The van der Waals surface area contributed by atoms with E-state index in [0.717, 1.165) is 0 Å². The predicted molar refractivity (Wildman–Crippen MR) is 215 cm³/mol. The molecule has 0 unspecified atom stereocenters. The van der Waals surface area contributed by atoms with Gasteiger partial charge < -0.3 is 0 Å². The molecule has 0 fully saturated rings. The lowest BCUT2D eigenvalue weighted by atomic mass is 10.1. The van der Waals surface area contributed by atoms with Crippen molar-refractivity contribution in [2.45, 2.75) is 105 Å². The molecular formula is C40H46S6. The summed E-state index contributed by atoms with van der Waals surface area (Å²) in [6.07, 6.45) is 15.3. The minimum absolute atomic E-state index is 1.17. The van der Waals surface area contributed by atoms with Crippen LogP contribution in [0.1, 0.15) is 99.4 Å². The van der Waals surface area contributed by atoms with E-state index >= 15 is 0 Å². The van der Waals surface area contributed by atoms with Gasteiger partial charge in [0.25, 0.3) is 0 Å². The lowest BCUT2D eigenvalue weighted by Gasteiger charge is -2.02. The fourth-order valence-corrected chi connectivity index (χ4v) is 13.0. The Bertz CT molecular complexity index is 1810. The van der Waals surface area contributed by atoms with Crippen molar-refractivity contribution in [3.05, 3.63) is 81.5 Å². The molecule has 0 bridgehead atoms. The maximum Gasteiger partial charge on any atom is 0.0481 e. The molecule has 0 aromatic carbocycles. The summed E-state index contributed by atoms with van der Waals surface area (Å²) < 4.78 is 0. The lowest BCUT2D eigenvalue weighted by molar-refractivity contribution is 0.668. The largest absolute Gasteiger partial charge is 0.139 e. The van der Waals surface area contributed by atoms with Crippen LogP contribution in [0.25, 0.3) is 48.8 Å². The van der Waals surface area contributed by atoms with Gasteiger partial charge >= 0.3 is 0 Å². The molecule has 0 aliphatic rings. The second-order valence-electron chi connectivity index (χ2n) is 12.3. The second kappa shape index (κ2) is 16.5. The van der Waals surface area contributed by atoms with Gasteiger partial charge in [-0.25, -0.2) is 0 Å². The van der Waals surface area contributed by atoms with E-state index in [-0.39, 0.29) is 0 Å². The first-order valence-electron chi connectivity index (χ1n) is 17.2. The molecule has 0 N–H and O–H groups in total. The average Bonchev–Trinajstić information content (AvgIpc) is 3.89. The van der Waals surface area contributed by atoms with E-state index in [1.54, 1.807) is 5.56 Å². The van der Waals surface area contributed by atoms with E-state index in [2.05, 4.69) is 88.4 Å². The van der Waals surface area contributed by atoms with Crippen molar-refractivity contribution in [1.29, 1.82) is 0 Å². The number of rotatable bonds is 17. The van der Waals surface area contributed by atoms with Gasteiger partial charge in [0.1, 0.15) is 0 Å². The van der Waals surface area contributed by atoms with Gasteiger partial charge in [-0.05, 0) is 111 Å². The van der Waals surface area contributed by atoms with Gasteiger partial charge in [-0.15, -0.1) is 68.0 Å². The summed E-state index contributed by atoms with van der Waals surface area (Å²) in [5.74, 6) is 0. The highest BCUT2D eigenvalue weighted by atomic mass is 32.1. The topological polar surface area (TPSA) is 0 Å². The van der Waals surface area contributed by atoms with Crippen molar-refractivity contribution >= 4 is 68.0 Å². The Balaban J connectivity index is 1.24. The number of aryl methyl sites for hydroxylation is 4. The molecule has 0 atom stereocenters. The van der Waals surface area contributed by atoms with Crippen molar-refractivity contribution in [1.82, 2.24) is 0 Å². The van der Waals surface area contributed by atoms with Crippen molar-refractivity contribution in [3.8, 4) is 48.8 Å². The third kappa shape index (κ3) is 8.25. The maximum atomic E-state index is 2.52. The van der Waals surface area contributed by atoms with Crippen LogP contribution in [-0.4, -0.2) is 0 Å². The molecule has 6 heterocycles. The average molecular weight is 719 g/mol. The molecule has 6 aromatic rings. The Labute approximate surface area is 300 Å². The zero-order valence-corrected chi connectivity index (χ0v) is 32.6. The Kier molecular flexibility index (Phi) is 12.3. The van der Waals surface area contributed by atoms with Gasteiger partial charge in [0.2, 0.25) is 0 Å². The highest BCUT2D eigenvalue weighted by Gasteiger charge is 2.18. The number of hydrogen-bond donors (Lipinski definition) is 0. The molecule has 0 amide bonds. The van der Waals surface area contributed by atoms with Gasteiger partial charge in [-0.2, -0.15) is 0 Å². The highest BCUT2D eigenvalue weighted by molar-refractivity contribution is 7.30. The van der Waals surface area contributed by atoms with E-state index in [1.807, 2.05) is 68.0 Å². The standard InChI is InChI=1S/C40H46S6/c1-5-8-10-12-15-28-25-27(4)41-39(28)36-23-21-33(44-36)34-22-24-37(45-34)40-29(16-13-11-9-6-2)26-38(46-40)35-20-19-32(43-35)31-18-17-30(42-31)14-7-3/h17-26H,5-16H2,1-4H3. The van der Waals surface area contributed by atoms with E-state index < -0.39 is 0 Å². The van der Waals surface area contributed by atoms with E-state index in [9.17, 15) is 0 Å². The minimum Gasteiger partial charge on any atom is -0.139 e. The van der Waals surface area contributed by atoms with Crippen LogP contribution >= 0.6 is 68.0 Å². The van der Waals surface area contributed by atoms with Gasteiger partial charge in [0.15, 0.2) is 0 Å². The van der Waals surface area contributed by atoms with Crippen molar-refractivity contribution in [2.75, 3.05) is 0 Å². The third-order valence-electron chi connectivity index (χ3n) is 8.49. The lowest BCUT2D eigenvalue weighted by Crippen LogP contribution is -1.85. The maximum absolute atomic E-state index is 2.52. The molecule has 6 rings (SSSR count). The quantitative estimate of drug-likeness (QED) is 0.0824. The van der Waals surface area contributed by atoms with Gasteiger partial charge in [0, 0.05) is 58.5 Å². The number of hydrogen-bond acceptors (Lipinski definition) is 6. The number of thiophene rings is 6. The van der Waals surface area contributed by atoms with Crippen molar-refractivity contribution in [2.24, 2.45) is 0 Å². The Morgan fingerprint density at radius 3 is 1.46 bits per heavy atom. The monoisotopic (exact) mass is 718 g/mol. The van der Waals surface area contributed by atoms with Crippen LogP contribution < -0.4 is 0 Å². The molecule has 0 radical (unpaired) electrons. The van der Waals surface area contributed by atoms with E-state index in [1.165, 1.54) is 141 Å². The third-order valence-corrected chi connectivity index (χ3v) is 16.1. The minimum atomic E-state index is 1.17. The molecule has 242 valence electrons. The van der Waals surface area contributed by atoms with E-state index in [4.69, 9.17) is 0 Å². The zero-order chi connectivity index (χ0) is 31.9. The van der Waals surface area contributed by atoms with Crippen LogP contribution in [-0.2, 0) is 19.3 Å². The molecule has 0 spiro atoms. The van der Waals surface area contributed by atoms with Crippen LogP contribution in [0.3, 0.4) is 0 Å². The molecule has 0 aliphatic carbocycles. The molecule has 0 saturated carbocycles. The zero-order valence-electron chi connectivity index (χ0n) is 27.7. The molecule has 0 aliphatic heterocycles. The highest BCUT2D eigenvalue weighted by Crippen LogP contribution is 2.48. The van der Waals surface area contributed by atoms with E-state index in [0.29, 0.717) is 0 Å². The first-order valence-corrected chi connectivity index (χ1v) is 22.1. The van der Waals surface area contributed by atoms with Gasteiger partial charge in [-0.1, -0.05) is 65.7 Å². The summed E-state index contributed by atoms with van der Waals surface area (Å²) in [5, 5.41) is 0. The normalized spacial score (nSPS) is 11.7. The molecule has 46 heavy (non-hydrogen) atoms. The van der Waals surface area contributed by atoms with Gasteiger partial charge in [0.05, 0.1) is 0 Å². The van der Waals surface area contributed by atoms with Crippen molar-refractivity contribution in [3.63, 3.8) is 0 Å². The molecule has 0 saturated heterocycles. The SMILES string of the molecule is CCCCCCc1cc(C)sc1-c1ccc(-c2ccc(-c3sc(-c4ccc(-c5ccc(CCC)s5)s4)cc3CCCCCC)s2)s1. The summed E-state index contributed by atoms with van der Waals surface area (Å²) in [6.45, 7) is 9.13. The summed E-state index contributed by atoms with van der Waals surface area (Å²) in [7, 11) is 0. The second-order valence-corrected chi connectivity index (χ2v) is 19.0. The first kappa shape index (κ1) is 34.1. The van der Waals surface area contributed by atoms with Crippen LogP contribution in [0.2, 0.25) is 0 Å². The summed E-state index contributed by atoms with van der Waals surface area (Å²) >= 11 is 11.9. The van der Waals surface area contributed by atoms with Gasteiger partial charge in [-0.3, -0.25) is 0 Å². The number of unbranched alkanes of at least 4 members (excludes halogenated alkanes) is 6. The summed E-state index contributed by atoms with van der Waals surface area (Å²) in [4.78, 5) is 17.2. The Morgan fingerprint density at radius 1 is 0.391 bits per heavy atom. The predicted octanol–water partition coefficient (Wildman–Crippen LogP) is 15.9.